The van der Waals surface area contributed by atoms with Gasteiger partial charge in [0.25, 0.3) is 11.5 Å². The van der Waals surface area contributed by atoms with Crippen molar-refractivity contribution in [3.63, 3.8) is 0 Å². The van der Waals surface area contributed by atoms with Gasteiger partial charge in [0.1, 0.15) is 28.7 Å². The molecule has 0 radical (unpaired) electrons. The van der Waals surface area contributed by atoms with Gasteiger partial charge in [0.2, 0.25) is 0 Å². The van der Waals surface area contributed by atoms with Crippen molar-refractivity contribution < 1.29 is 37.3 Å². The Labute approximate surface area is 266 Å². The number of amides is 3. The molecule has 244 valence electrons. The molecule has 2 unspecified atom stereocenters. The van der Waals surface area contributed by atoms with E-state index in [0.29, 0.717) is 32.0 Å². The second kappa shape index (κ2) is 13.2. The molecule has 2 atom stereocenters. The number of urea groups is 1. The molecule has 2 aliphatic rings. The molecule has 47 heavy (non-hydrogen) atoms. The fraction of sp³-hybridized carbons (Fsp3) is 0.273. The Morgan fingerprint density at radius 2 is 1.68 bits per heavy atom. The number of benzene rings is 2. The number of carbonyl (C=O) groups excluding carboxylic acids is 2. The fourth-order valence-electron chi connectivity index (χ4n) is 5.99. The lowest BCUT2D eigenvalue weighted by molar-refractivity contribution is 0.102. The molecule has 3 N–H and O–H groups in total. The number of hydrogen-bond acceptors (Lipinski definition) is 7. The van der Waals surface area contributed by atoms with Crippen LogP contribution in [0.25, 0.3) is 5.69 Å². The van der Waals surface area contributed by atoms with Gasteiger partial charge in [0, 0.05) is 49.4 Å². The average Bonchev–Trinajstić information content (AvgIpc) is 3.58. The maximum Gasteiger partial charge on any atom is 0.323 e. The minimum atomic E-state index is -1.06. The van der Waals surface area contributed by atoms with Crippen LogP contribution in [0, 0.1) is 29.3 Å². The van der Waals surface area contributed by atoms with E-state index in [4.69, 9.17) is 9.47 Å². The number of pyridine rings is 2. The van der Waals surface area contributed by atoms with E-state index in [2.05, 4.69) is 15.6 Å². The number of ether oxygens (including phenoxy) is 2. The largest absolute Gasteiger partial charge is 0.493 e. The molecule has 2 aromatic carbocycles. The standard InChI is InChI=1S/C33H30F3N5O6/c1-2-46-27-8-10-41(21-5-3-20(34)4-6-21)32(44)30(27)31(43)38-26-14-25(36)28(15-24(26)35)47-23-7-9-37-29(13-23)39-33(45)40-16-18-11-22(42)12-19(18)17-40/h3-10,13-15,18-19,22,42H,2,11-12,16-17H2,1H3,(H,38,43)(H,37,39,45). The third-order valence-electron chi connectivity index (χ3n) is 8.16. The SMILES string of the molecule is CCOc1ccn(-c2ccc(F)cc2)c(=O)c1C(=O)Nc1cc(F)c(Oc2ccnc(NC(=O)N3CC4CC(O)CC4C3)c2)cc1F. The molecule has 2 fully saturated rings. The summed E-state index contributed by atoms with van der Waals surface area (Å²) in [5.74, 6) is -3.57. The van der Waals surface area contributed by atoms with Gasteiger partial charge < -0.3 is 24.8 Å². The Bertz CT molecular complexity index is 1870. The van der Waals surface area contributed by atoms with E-state index in [1.54, 1.807) is 11.8 Å². The van der Waals surface area contributed by atoms with E-state index in [1.807, 2.05) is 0 Å². The highest BCUT2D eigenvalue weighted by atomic mass is 19.1. The number of hydrogen-bond donors (Lipinski definition) is 3. The van der Waals surface area contributed by atoms with Crippen LogP contribution in [0.5, 0.6) is 17.2 Å². The first kappa shape index (κ1) is 31.6. The van der Waals surface area contributed by atoms with Crippen molar-refractivity contribution in [3.8, 4) is 22.9 Å². The van der Waals surface area contributed by atoms with Crippen LogP contribution in [0.3, 0.4) is 0 Å². The van der Waals surface area contributed by atoms with Crippen molar-refractivity contribution in [2.45, 2.75) is 25.9 Å². The molecule has 0 bridgehead atoms. The summed E-state index contributed by atoms with van der Waals surface area (Å²) in [6.07, 6.45) is 3.68. The van der Waals surface area contributed by atoms with Crippen LogP contribution < -0.4 is 25.7 Å². The van der Waals surface area contributed by atoms with Crippen LogP contribution in [-0.4, -0.2) is 57.3 Å². The molecule has 6 rings (SSSR count). The number of carbonyl (C=O) groups is 2. The minimum absolute atomic E-state index is 0.0544. The zero-order valence-corrected chi connectivity index (χ0v) is 25.1. The highest BCUT2D eigenvalue weighted by molar-refractivity contribution is 6.06. The van der Waals surface area contributed by atoms with Gasteiger partial charge in [-0.25, -0.2) is 22.9 Å². The quantitative estimate of drug-likeness (QED) is 0.235. The zero-order valence-electron chi connectivity index (χ0n) is 25.1. The van der Waals surface area contributed by atoms with Gasteiger partial charge in [-0.15, -0.1) is 0 Å². The average molecular weight is 650 g/mol. The maximum atomic E-state index is 15.2. The van der Waals surface area contributed by atoms with Crippen LogP contribution in [0.2, 0.25) is 0 Å². The predicted octanol–water partition coefficient (Wildman–Crippen LogP) is 5.33. The first-order chi connectivity index (χ1) is 22.6. The second-order valence-electron chi connectivity index (χ2n) is 11.3. The summed E-state index contributed by atoms with van der Waals surface area (Å²) >= 11 is 0. The molecule has 1 saturated heterocycles. The lowest BCUT2D eigenvalue weighted by Gasteiger charge is -2.18. The Morgan fingerprint density at radius 1 is 0.957 bits per heavy atom. The fourth-order valence-corrected chi connectivity index (χ4v) is 5.99. The molecule has 3 heterocycles. The molecule has 4 aromatic rings. The van der Waals surface area contributed by atoms with Gasteiger partial charge in [0.05, 0.1) is 18.4 Å². The summed E-state index contributed by atoms with van der Waals surface area (Å²) in [7, 11) is 0. The summed E-state index contributed by atoms with van der Waals surface area (Å²) in [6, 6.07) is 10.1. The van der Waals surface area contributed by atoms with E-state index in [0.717, 1.165) is 22.8 Å². The summed E-state index contributed by atoms with van der Waals surface area (Å²) in [5.41, 5.74) is -1.60. The first-order valence-corrected chi connectivity index (χ1v) is 14.9. The van der Waals surface area contributed by atoms with Crippen LogP contribution >= 0.6 is 0 Å². The van der Waals surface area contributed by atoms with E-state index in [1.165, 1.54) is 42.7 Å². The topological polar surface area (TPSA) is 135 Å². The van der Waals surface area contributed by atoms with Crippen molar-refractivity contribution in [2.75, 3.05) is 30.3 Å². The van der Waals surface area contributed by atoms with Gasteiger partial charge in [-0.1, -0.05) is 0 Å². The van der Waals surface area contributed by atoms with Crippen molar-refractivity contribution >= 4 is 23.4 Å². The molecular formula is C33H30F3N5O6. The summed E-state index contributed by atoms with van der Waals surface area (Å²) in [6.45, 7) is 2.81. The molecule has 3 amide bonds. The number of rotatable bonds is 8. The third-order valence-corrected chi connectivity index (χ3v) is 8.16. The zero-order chi connectivity index (χ0) is 33.2. The Morgan fingerprint density at radius 3 is 2.38 bits per heavy atom. The lowest BCUT2D eigenvalue weighted by atomic mass is 10.0. The number of halogens is 3. The highest BCUT2D eigenvalue weighted by Gasteiger charge is 2.41. The molecule has 1 saturated carbocycles. The molecule has 0 spiro atoms. The number of anilines is 2. The number of aliphatic hydroxyl groups is 1. The summed E-state index contributed by atoms with van der Waals surface area (Å²) in [4.78, 5) is 45.1. The second-order valence-corrected chi connectivity index (χ2v) is 11.3. The molecule has 1 aliphatic heterocycles. The number of aromatic nitrogens is 2. The van der Waals surface area contributed by atoms with Crippen LogP contribution in [0.4, 0.5) is 29.5 Å². The Kier molecular flexibility index (Phi) is 8.85. The number of fused-ring (bicyclic) bond motifs is 1. The third kappa shape index (κ3) is 6.77. The van der Waals surface area contributed by atoms with Crippen molar-refractivity contribution in [1.82, 2.24) is 14.5 Å². The van der Waals surface area contributed by atoms with Crippen molar-refractivity contribution in [3.05, 3.63) is 100 Å². The highest BCUT2D eigenvalue weighted by Crippen LogP contribution is 2.38. The van der Waals surface area contributed by atoms with E-state index in [9.17, 15) is 23.9 Å². The normalized spacial score (nSPS) is 18.5. The van der Waals surface area contributed by atoms with Gasteiger partial charge in [-0.05, 0) is 68.0 Å². The first-order valence-electron chi connectivity index (χ1n) is 14.9. The Hall–Kier alpha value is -5.37. The van der Waals surface area contributed by atoms with Gasteiger partial charge in [-0.3, -0.25) is 19.5 Å². The predicted molar refractivity (Wildman–Crippen MR) is 165 cm³/mol. The van der Waals surface area contributed by atoms with Crippen LogP contribution in [0.15, 0.2) is 71.8 Å². The number of nitrogens with one attached hydrogen (secondary N) is 2. The molecule has 1 aliphatic carbocycles. The van der Waals surface area contributed by atoms with Crippen LogP contribution in [0.1, 0.15) is 30.1 Å². The molecular weight excluding hydrogens is 619 g/mol. The van der Waals surface area contributed by atoms with Gasteiger partial charge in [-0.2, -0.15) is 0 Å². The van der Waals surface area contributed by atoms with Crippen molar-refractivity contribution in [2.24, 2.45) is 11.8 Å². The van der Waals surface area contributed by atoms with Gasteiger partial charge in [0.15, 0.2) is 17.4 Å². The van der Waals surface area contributed by atoms with E-state index >= 15 is 8.78 Å². The van der Waals surface area contributed by atoms with Crippen LogP contribution in [-0.2, 0) is 0 Å². The smallest absolute Gasteiger partial charge is 0.323 e. The molecule has 11 nitrogen and oxygen atoms in total. The summed E-state index contributed by atoms with van der Waals surface area (Å²) in [5, 5.41) is 14.7. The van der Waals surface area contributed by atoms with E-state index in [-0.39, 0.29) is 53.6 Å². The molecule has 2 aromatic heterocycles. The van der Waals surface area contributed by atoms with Gasteiger partial charge >= 0.3 is 6.03 Å². The summed E-state index contributed by atoms with van der Waals surface area (Å²) < 4.78 is 55.8. The van der Waals surface area contributed by atoms with E-state index < -0.39 is 45.9 Å². The number of nitrogens with zero attached hydrogens (tertiary/aromatic N) is 3. The molecule has 14 heteroatoms. The lowest BCUT2D eigenvalue weighted by Crippen LogP contribution is -2.34. The Balaban J connectivity index is 1.16. The number of aliphatic hydroxyl groups excluding tert-OH is 1. The monoisotopic (exact) mass is 649 g/mol. The minimum Gasteiger partial charge on any atom is -0.493 e. The number of likely N-dealkylation sites (tertiary alicyclic amines) is 1. The van der Waals surface area contributed by atoms with Crippen molar-refractivity contribution in [1.29, 1.82) is 0 Å². The maximum absolute atomic E-state index is 15.2.